The molecule has 0 amide bonds. The van der Waals surface area contributed by atoms with Gasteiger partial charge in [-0.3, -0.25) is 0 Å². The normalized spacial score (nSPS) is 12.6. The smallest absolute Gasteiger partial charge is 0.337 e. The number of carbonyl (C=O) groups is 1. The molecule has 2 N–H and O–H groups in total. The first-order valence-corrected chi connectivity index (χ1v) is 5.56. The molecule has 4 heteroatoms. The maximum Gasteiger partial charge on any atom is 0.337 e. The molecule has 1 atom stereocenters. The Hall–Kier alpha value is -1.55. The second-order valence-electron chi connectivity index (χ2n) is 4.61. The van der Waals surface area contributed by atoms with Gasteiger partial charge in [0.05, 0.1) is 0 Å². The van der Waals surface area contributed by atoms with E-state index >= 15 is 0 Å². The van der Waals surface area contributed by atoms with Crippen LogP contribution in [0.4, 0.5) is 5.69 Å². The number of hydrogen-bond donors (Lipinski definition) is 2. The largest absolute Gasteiger partial charge is 0.479 e. The van der Waals surface area contributed by atoms with Crippen LogP contribution in [0.3, 0.4) is 0 Å². The predicted molar refractivity (Wildman–Crippen MR) is 67.5 cm³/mol. The fourth-order valence-electron chi connectivity index (χ4n) is 1.69. The zero-order valence-electron chi connectivity index (χ0n) is 10.6. The second kappa shape index (κ2) is 5.19. The van der Waals surface area contributed by atoms with E-state index in [1.54, 1.807) is 11.0 Å². The number of aliphatic hydroxyl groups is 1. The van der Waals surface area contributed by atoms with Crippen molar-refractivity contribution in [1.29, 1.82) is 0 Å². The van der Waals surface area contributed by atoms with Crippen molar-refractivity contribution in [3.8, 4) is 0 Å². The summed E-state index contributed by atoms with van der Waals surface area (Å²) in [5.41, 5.74) is 2.18. The van der Waals surface area contributed by atoms with Crippen LogP contribution in [0, 0.1) is 0 Å². The van der Waals surface area contributed by atoms with Crippen LogP contribution in [0.5, 0.6) is 0 Å². The summed E-state index contributed by atoms with van der Waals surface area (Å²) in [6.07, 6.45) is -1.48. The summed E-state index contributed by atoms with van der Waals surface area (Å²) in [5, 5.41) is 18.6. The molecule has 0 aliphatic heterocycles. The Morgan fingerprint density at radius 2 is 1.88 bits per heavy atom. The van der Waals surface area contributed by atoms with E-state index in [9.17, 15) is 9.90 Å². The van der Waals surface area contributed by atoms with E-state index < -0.39 is 12.1 Å². The molecule has 17 heavy (non-hydrogen) atoms. The van der Waals surface area contributed by atoms with E-state index in [0.29, 0.717) is 11.5 Å². The lowest BCUT2D eigenvalue weighted by Gasteiger charge is -2.21. The van der Waals surface area contributed by atoms with Crippen LogP contribution in [0.25, 0.3) is 0 Å². The topological polar surface area (TPSA) is 60.8 Å². The zero-order chi connectivity index (χ0) is 13.2. The molecule has 0 radical (unpaired) electrons. The minimum Gasteiger partial charge on any atom is -0.479 e. The molecule has 0 heterocycles. The molecule has 0 spiro atoms. The minimum absolute atomic E-state index is 0.297. The molecule has 4 nitrogen and oxygen atoms in total. The number of aliphatic hydroxyl groups excluding tert-OH is 1. The molecular weight excluding hydrogens is 218 g/mol. The molecule has 0 aliphatic rings. The third kappa shape index (κ3) is 2.97. The van der Waals surface area contributed by atoms with Gasteiger partial charge in [0.15, 0.2) is 6.10 Å². The van der Waals surface area contributed by atoms with E-state index in [-0.39, 0.29) is 0 Å². The Bertz CT molecular complexity index is 413. The summed E-state index contributed by atoms with van der Waals surface area (Å²) in [6.45, 7) is 4.06. The van der Waals surface area contributed by atoms with Crippen molar-refractivity contribution in [2.24, 2.45) is 0 Å². The van der Waals surface area contributed by atoms with Gasteiger partial charge in [-0.1, -0.05) is 26.0 Å². The van der Waals surface area contributed by atoms with Crippen molar-refractivity contribution in [2.45, 2.75) is 25.9 Å². The van der Waals surface area contributed by atoms with Crippen molar-refractivity contribution in [3.63, 3.8) is 0 Å². The minimum atomic E-state index is -1.48. The van der Waals surface area contributed by atoms with Gasteiger partial charge < -0.3 is 15.1 Å². The van der Waals surface area contributed by atoms with E-state index in [1.165, 1.54) is 0 Å². The molecule has 0 aromatic heterocycles. The molecule has 1 unspecified atom stereocenters. The lowest BCUT2D eigenvalue weighted by atomic mass is 9.97. The monoisotopic (exact) mass is 237 g/mol. The van der Waals surface area contributed by atoms with Crippen LogP contribution in [0.1, 0.15) is 37.0 Å². The van der Waals surface area contributed by atoms with Crippen molar-refractivity contribution >= 4 is 11.7 Å². The highest BCUT2D eigenvalue weighted by Crippen LogP contribution is 2.29. The molecule has 0 aliphatic carbocycles. The molecule has 0 saturated carbocycles. The van der Waals surface area contributed by atoms with Gasteiger partial charge in [-0.05, 0) is 17.5 Å². The number of carboxylic acid groups (broad SMARTS) is 1. The Morgan fingerprint density at radius 1 is 1.29 bits per heavy atom. The lowest BCUT2D eigenvalue weighted by molar-refractivity contribution is -0.146. The third-order valence-corrected chi connectivity index (χ3v) is 2.73. The summed E-state index contributed by atoms with van der Waals surface area (Å²) in [7, 11) is 3.64. The lowest BCUT2D eigenvalue weighted by Crippen LogP contribution is -2.17. The Morgan fingerprint density at radius 3 is 2.29 bits per heavy atom. The van der Waals surface area contributed by atoms with Crippen molar-refractivity contribution < 1.29 is 15.0 Å². The van der Waals surface area contributed by atoms with Crippen LogP contribution in [0.15, 0.2) is 18.2 Å². The van der Waals surface area contributed by atoms with E-state index in [1.807, 2.05) is 40.1 Å². The number of rotatable bonds is 4. The van der Waals surface area contributed by atoms with Crippen LogP contribution >= 0.6 is 0 Å². The average Bonchev–Trinajstić information content (AvgIpc) is 2.26. The molecule has 1 aromatic rings. The van der Waals surface area contributed by atoms with Gasteiger partial charge >= 0.3 is 5.97 Å². The first-order chi connectivity index (χ1) is 7.84. The van der Waals surface area contributed by atoms with Gasteiger partial charge in [-0.2, -0.15) is 0 Å². The third-order valence-electron chi connectivity index (χ3n) is 2.73. The van der Waals surface area contributed by atoms with Gasteiger partial charge in [-0.25, -0.2) is 4.79 Å². The highest BCUT2D eigenvalue weighted by Gasteiger charge is 2.21. The maximum absolute atomic E-state index is 10.9. The molecule has 1 aromatic carbocycles. The predicted octanol–water partition coefficient (Wildman–Crippen LogP) is 1.99. The molecule has 0 saturated heterocycles. The van der Waals surface area contributed by atoms with Gasteiger partial charge in [-0.15, -0.1) is 0 Å². The first kappa shape index (κ1) is 13.5. The molecule has 0 bridgehead atoms. The summed E-state index contributed by atoms with van der Waals surface area (Å²) >= 11 is 0. The van der Waals surface area contributed by atoms with Crippen molar-refractivity contribution in [1.82, 2.24) is 0 Å². The number of aliphatic carboxylic acids is 1. The van der Waals surface area contributed by atoms with Gasteiger partial charge in [0.2, 0.25) is 0 Å². The van der Waals surface area contributed by atoms with E-state index in [2.05, 4.69) is 0 Å². The highest BCUT2D eigenvalue weighted by atomic mass is 16.4. The number of hydrogen-bond acceptors (Lipinski definition) is 3. The van der Waals surface area contributed by atoms with Crippen LogP contribution < -0.4 is 4.90 Å². The van der Waals surface area contributed by atoms with Gasteiger partial charge in [0.1, 0.15) is 0 Å². The van der Waals surface area contributed by atoms with Gasteiger partial charge in [0, 0.05) is 25.3 Å². The van der Waals surface area contributed by atoms with Crippen molar-refractivity contribution in [3.05, 3.63) is 29.3 Å². The summed E-state index contributed by atoms with van der Waals surface area (Å²) < 4.78 is 0. The standard InChI is InChI=1S/C13H19NO3/c1-8(2)9-5-6-11(14(3)4)10(7-9)12(15)13(16)17/h5-8,12,15H,1-4H3,(H,16,17). The van der Waals surface area contributed by atoms with E-state index in [4.69, 9.17) is 5.11 Å². The number of carboxylic acids is 1. The number of benzene rings is 1. The molecule has 0 fully saturated rings. The zero-order valence-corrected chi connectivity index (χ0v) is 10.6. The summed E-state index contributed by atoms with van der Waals surface area (Å²) in [4.78, 5) is 12.7. The van der Waals surface area contributed by atoms with E-state index in [0.717, 1.165) is 11.3 Å². The number of nitrogens with zero attached hydrogens (tertiary/aromatic N) is 1. The first-order valence-electron chi connectivity index (χ1n) is 5.56. The second-order valence-corrected chi connectivity index (χ2v) is 4.61. The SMILES string of the molecule is CC(C)c1ccc(N(C)C)c(C(O)C(=O)O)c1. The summed E-state index contributed by atoms with van der Waals surface area (Å²) in [5.74, 6) is -0.931. The molecular formula is C13H19NO3. The van der Waals surface area contributed by atoms with Crippen LogP contribution in [-0.4, -0.2) is 30.3 Å². The average molecular weight is 237 g/mol. The Kier molecular flexibility index (Phi) is 4.12. The van der Waals surface area contributed by atoms with Gasteiger partial charge in [0.25, 0.3) is 0 Å². The Balaban J connectivity index is 3.30. The van der Waals surface area contributed by atoms with Crippen LogP contribution in [0.2, 0.25) is 0 Å². The maximum atomic E-state index is 10.9. The van der Waals surface area contributed by atoms with Crippen molar-refractivity contribution in [2.75, 3.05) is 19.0 Å². The highest BCUT2D eigenvalue weighted by molar-refractivity contribution is 5.77. The Labute approximate surface area is 101 Å². The fourth-order valence-corrected chi connectivity index (χ4v) is 1.69. The molecule has 1 rings (SSSR count). The summed E-state index contributed by atoms with van der Waals surface area (Å²) in [6, 6.07) is 5.56. The fraction of sp³-hybridized carbons (Fsp3) is 0.462. The molecule has 94 valence electrons. The van der Waals surface area contributed by atoms with Crippen LogP contribution in [-0.2, 0) is 4.79 Å². The quantitative estimate of drug-likeness (QED) is 0.840. The number of anilines is 1.